The van der Waals surface area contributed by atoms with Gasteiger partial charge in [-0.15, -0.1) is 0 Å². The summed E-state index contributed by atoms with van der Waals surface area (Å²) in [6.45, 7) is 5.76. The summed E-state index contributed by atoms with van der Waals surface area (Å²) in [5.41, 5.74) is -0.465. The van der Waals surface area contributed by atoms with E-state index in [0.29, 0.717) is 6.42 Å². The number of unbranched alkanes of at least 4 members (excludes halogenated alkanes) is 1. The first-order valence-corrected chi connectivity index (χ1v) is 6.40. The second kappa shape index (κ2) is 5.99. The van der Waals surface area contributed by atoms with Crippen molar-refractivity contribution in [2.24, 2.45) is 5.92 Å². The largest absolute Gasteiger partial charge is 0.469 e. The van der Waals surface area contributed by atoms with Crippen LogP contribution in [0, 0.1) is 5.92 Å². The van der Waals surface area contributed by atoms with Crippen LogP contribution in [0.1, 0.15) is 46.5 Å². The van der Waals surface area contributed by atoms with Crippen molar-refractivity contribution < 1.29 is 24.0 Å². The molecule has 0 spiro atoms. The van der Waals surface area contributed by atoms with E-state index < -0.39 is 17.3 Å². The van der Waals surface area contributed by atoms with Crippen molar-refractivity contribution in [1.82, 2.24) is 0 Å². The van der Waals surface area contributed by atoms with Crippen molar-refractivity contribution in [3.8, 4) is 0 Å². The molecule has 1 aliphatic heterocycles. The highest BCUT2D eigenvalue weighted by Gasteiger charge is 2.52. The van der Waals surface area contributed by atoms with E-state index in [1.807, 2.05) is 6.92 Å². The van der Waals surface area contributed by atoms with E-state index in [1.54, 1.807) is 6.92 Å². The van der Waals surface area contributed by atoms with Gasteiger partial charge in [0.2, 0.25) is 5.79 Å². The van der Waals surface area contributed by atoms with Gasteiger partial charge in [0.1, 0.15) is 11.5 Å². The van der Waals surface area contributed by atoms with Crippen LogP contribution < -0.4 is 0 Å². The van der Waals surface area contributed by atoms with E-state index >= 15 is 0 Å². The molecule has 1 fully saturated rings. The van der Waals surface area contributed by atoms with Gasteiger partial charge < -0.3 is 9.47 Å². The maximum absolute atomic E-state index is 11.9. The predicted molar refractivity (Wildman–Crippen MR) is 65.6 cm³/mol. The normalized spacial score (nSPS) is 36.4. The molecule has 0 unspecified atom stereocenters. The highest BCUT2D eigenvalue weighted by atomic mass is 17.2. The summed E-state index contributed by atoms with van der Waals surface area (Å²) in [5.74, 6) is -1.90. The van der Waals surface area contributed by atoms with Crippen LogP contribution in [-0.2, 0) is 24.0 Å². The van der Waals surface area contributed by atoms with Crippen LogP contribution in [0.4, 0.5) is 0 Å². The zero-order valence-corrected chi connectivity index (χ0v) is 11.9. The molecule has 1 saturated heterocycles. The molecule has 0 radical (unpaired) electrons. The lowest BCUT2D eigenvalue weighted by Gasteiger charge is -2.44. The third-order valence-corrected chi connectivity index (χ3v) is 3.63. The summed E-state index contributed by atoms with van der Waals surface area (Å²) in [5, 5.41) is 0. The van der Waals surface area contributed by atoms with Gasteiger partial charge in [0.15, 0.2) is 0 Å². The monoisotopic (exact) mass is 260 g/mol. The molecule has 0 aliphatic carbocycles. The fraction of sp³-hybridized carbons (Fsp3) is 0.923. The molecule has 18 heavy (non-hydrogen) atoms. The standard InChI is InChI=1S/C13H24O5/c1-6-7-8-12(2)9-10(11(14)15-4)13(3,16-5)18-17-12/h10H,6-9H2,1-5H3/t10-,12+,13-/m1/s1. The number of hydrogen-bond acceptors (Lipinski definition) is 5. The Morgan fingerprint density at radius 1 is 1.33 bits per heavy atom. The zero-order valence-electron chi connectivity index (χ0n) is 11.9. The first kappa shape index (κ1) is 15.4. The van der Waals surface area contributed by atoms with Crippen molar-refractivity contribution in [2.75, 3.05) is 14.2 Å². The van der Waals surface area contributed by atoms with Crippen molar-refractivity contribution >= 4 is 5.97 Å². The lowest BCUT2D eigenvalue weighted by Crippen LogP contribution is -2.54. The van der Waals surface area contributed by atoms with Gasteiger partial charge in [-0.3, -0.25) is 4.79 Å². The van der Waals surface area contributed by atoms with Gasteiger partial charge in [-0.2, -0.15) is 4.89 Å². The fourth-order valence-corrected chi connectivity index (χ4v) is 2.20. The Kier molecular flexibility index (Phi) is 5.13. The Morgan fingerprint density at radius 3 is 2.50 bits per heavy atom. The zero-order chi connectivity index (χ0) is 13.8. The molecule has 1 aliphatic rings. The molecule has 5 nitrogen and oxygen atoms in total. The minimum absolute atomic E-state index is 0.328. The Morgan fingerprint density at radius 2 is 2.00 bits per heavy atom. The molecule has 0 saturated carbocycles. The van der Waals surface area contributed by atoms with Crippen LogP contribution in [0.25, 0.3) is 0 Å². The molecule has 106 valence electrons. The van der Waals surface area contributed by atoms with Crippen molar-refractivity contribution in [1.29, 1.82) is 0 Å². The quantitative estimate of drug-likeness (QED) is 0.561. The Hall–Kier alpha value is -0.650. The first-order valence-electron chi connectivity index (χ1n) is 6.40. The second-order valence-corrected chi connectivity index (χ2v) is 5.22. The minimum atomic E-state index is -1.08. The first-order chi connectivity index (χ1) is 8.40. The van der Waals surface area contributed by atoms with Crippen LogP contribution in [-0.4, -0.2) is 31.6 Å². The van der Waals surface area contributed by atoms with E-state index in [9.17, 15) is 4.79 Å². The van der Waals surface area contributed by atoms with Gasteiger partial charge in [0.25, 0.3) is 0 Å². The highest BCUT2D eigenvalue weighted by Crippen LogP contribution is 2.41. The third-order valence-electron chi connectivity index (χ3n) is 3.63. The molecular weight excluding hydrogens is 236 g/mol. The maximum Gasteiger partial charge on any atom is 0.314 e. The van der Waals surface area contributed by atoms with Crippen LogP contribution in [0.2, 0.25) is 0 Å². The van der Waals surface area contributed by atoms with Gasteiger partial charge >= 0.3 is 5.97 Å². The smallest absolute Gasteiger partial charge is 0.314 e. The van der Waals surface area contributed by atoms with E-state index in [4.69, 9.17) is 19.2 Å². The lowest BCUT2D eigenvalue weighted by atomic mass is 9.83. The molecule has 5 heteroatoms. The van der Waals surface area contributed by atoms with Gasteiger partial charge in [0, 0.05) is 7.11 Å². The van der Waals surface area contributed by atoms with Crippen molar-refractivity contribution in [3.63, 3.8) is 0 Å². The van der Waals surface area contributed by atoms with Gasteiger partial charge in [-0.25, -0.2) is 4.89 Å². The number of carbonyl (C=O) groups is 1. The highest BCUT2D eigenvalue weighted by molar-refractivity contribution is 5.73. The molecule has 0 N–H and O–H groups in total. The number of methoxy groups -OCH3 is 2. The fourth-order valence-electron chi connectivity index (χ4n) is 2.20. The summed E-state index contributed by atoms with van der Waals surface area (Å²) in [6.07, 6.45) is 3.47. The van der Waals surface area contributed by atoms with Crippen molar-refractivity contribution in [2.45, 2.75) is 57.8 Å². The molecule has 1 heterocycles. The SMILES string of the molecule is CCCC[C@@]1(C)C[C@H](C(=O)OC)[C@](C)(OC)OO1. The van der Waals surface area contributed by atoms with Crippen LogP contribution >= 0.6 is 0 Å². The molecule has 0 bridgehead atoms. The molecule has 0 amide bonds. The molecule has 0 aromatic rings. The number of hydrogen-bond donors (Lipinski definition) is 0. The van der Waals surface area contributed by atoms with Gasteiger partial charge in [0.05, 0.1) is 7.11 Å². The Balaban J connectivity index is 2.82. The van der Waals surface area contributed by atoms with Crippen molar-refractivity contribution in [3.05, 3.63) is 0 Å². The van der Waals surface area contributed by atoms with Gasteiger partial charge in [-0.1, -0.05) is 19.8 Å². The Bertz CT molecular complexity index is 293. The number of carbonyl (C=O) groups excluding carboxylic acids is 1. The van der Waals surface area contributed by atoms with Crippen LogP contribution in [0.5, 0.6) is 0 Å². The molecule has 3 atom stereocenters. The Labute approximate surface area is 109 Å². The topological polar surface area (TPSA) is 54.0 Å². The average Bonchev–Trinajstić information content (AvgIpc) is 2.39. The number of esters is 1. The lowest BCUT2D eigenvalue weighted by molar-refractivity contribution is -0.493. The summed E-state index contributed by atoms with van der Waals surface area (Å²) in [7, 11) is 2.87. The minimum Gasteiger partial charge on any atom is -0.469 e. The number of ether oxygens (including phenoxy) is 2. The molecule has 0 aromatic heterocycles. The van der Waals surface area contributed by atoms with E-state index in [-0.39, 0.29) is 5.97 Å². The van der Waals surface area contributed by atoms with E-state index in [0.717, 1.165) is 19.3 Å². The van der Waals surface area contributed by atoms with E-state index in [1.165, 1.54) is 14.2 Å². The van der Waals surface area contributed by atoms with Crippen LogP contribution in [0.15, 0.2) is 0 Å². The summed E-state index contributed by atoms with van der Waals surface area (Å²) in [4.78, 5) is 22.7. The average molecular weight is 260 g/mol. The maximum atomic E-state index is 11.9. The van der Waals surface area contributed by atoms with Gasteiger partial charge in [-0.05, 0) is 26.7 Å². The second-order valence-electron chi connectivity index (χ2n) is 5.22. The third kappa shape index (κ3) is 3.22. The molecular formula is C13H24O5. The van der Waals surface area contributed by atoms with E-state index in [2.05, 4.69) is 6.92 Å². The summed E-state index contributed by atoms with van der Waals surface area (Å²) >= 11 is 0. The molecule has 1 rings (SSSR count). The van der Waals surface area contributed by atoms with Crippen LogP contribution in [0.3, 0.4) is 0 Å². The number of rotatable bonds is 5. The molecule has 0 aromatic carbocycles. The predicted octanol–water partition coefficient (Wildman–Crippen LogP) is 2.44. The summed E-state index contributed by atoms with van der Waals surface area (Å²) < 4.78 is 10.1. The summed E-state index contributed by atoms with van der Waals surface area (Å²) in [6, 6.07) is 0.